The lowest BCUT2D eigenvalue weighted by atomic mass is 9.84. The molecule has 1 fully saturated rings. The van der Waals surface area contributed by atoms with Gasteiger partial charge in [-0.1, -0.05) is 6.42 Å². The van der Waals surface area contributed by atoms with Crippen molar-refractivity contribution < 1.29 is 4.79 Å². The molecule has 0 atom stereocenters. The molecule has 1 aliphatic carbocycles. The number of amides is 1. The monoisotopic (exact) mass is 279 g/mol. The molecule has 2 rings (SSSR count). The number of carbonyl (C=O) groups is 1. The van der Waals surface area contributed by atoms with Crippen LogP contribution in [0.1, 0.15) is 36.5 Å². The van der Waals surface area contributed by atoms with Crippen molar-refractivity contribution in [3.05, 3.63) is 24.0 Å². The number of hydrogen-bond donors (Lipinski definition) is 2. The van der Waals surface area contributed by atoms with Crippen molar-refractivity contribution in [2.45, 2.75) is 30.9 Å². The number of aromatic nitrogens is 1. The third-order valence-corrected chi connectivity index (χ3v) is 5.12. The summed E-state index contributed by atoms with van der Waals surface area (Å²) in [6.45, 7) is 3.54. The van der Waals surface area contributed by atoms with Gasteiger partial charge in [-0.05, 0) is 32.1 Å². The molecule has 0 spiro atoms. The average Bonchev–Trinajstić information content (AvgIpc) is 2.39. The van der Waals surface area contributed by atoms with E-state index in [1.54, 1.807) is 18.5 Å². The van der Waals surface area contributed by atoms with Crippen LogP contribution in [-0.2, 0) is 0 Å². The zero-order chi connectivity index (χ0) is 13.7. The van der Waals surface area contributed by atoms with Crippen LogP contribution in [0.5, 0.6) is 0 Å². The van der Waals surface area contributed by atoms with Crippen LogP contribution in [0.3, 0.4) is 0 Å². The Morgan fingerprint density at radius 3 is 2.89 bits per heavy atom. The van der Waals surface area contributed by atoms with Crippen LogP contribution >= 0.6 is 11.8 Å². The summed E-state index contributed by atoms with van der Waals surface area (Å²) in [5.74, 6) is -0.0151. The van der Waals surface area contributed by atoms with E-state index in [4.69, 9.17) is 0 Å². The first-order chi connectivity index (χ1) is 9.21. The van der Waals surface area contributed by atoms with Gasteiger partial charge in [0.05, 0.1) is 17.4 Å². The second-order valence-corrected chi connectivity index (χ2v) is 6.15. The van der Waals surface area contributed by atoms with E-state index >= 15 is 0 Å². The highest BCUT2D eigenvalue weighted by molar-refractivity contribution is 8.00. The Morgan fingerprint density at radius 1 is 1.53 bits per heavy atom. The third-order valence-electron chi connectivity index (χ3n) is 3.70. The minimum absolute atomic E-state index is 0.0151. The molecule has 2 N–H and O–H groups in total. The van der Waals surface area contributed by atoms with Crippen LogP contribution in [0.15, 0.2) is 18.5 Å². The summed E-state index contributed by atoms with van der Waals surface area (Å²) < 4.78 is 0.265. The molecular formula is C14H21N3OS. The lowest BCUT2D eigenvalue weighted by Crippen LogP contribution is -2.45. The molecular weight excluding hydrogens is 258 g/mol. The molecule has 1 aromatic rings. The van der Waals surface area contributed by atoms with Gasteiger partial charge in [-0.3, -0.25) is 9.78 Å². The van der Waals surface area contributed by atoms with Crippen LogP contribution in [0.25, 0.3) is 0 Å². The number of thioether (sulfide) groups is 1. The first-order valence-corrected chi connectivity index (χ1v) is 7.94. The van der Waals surface area contributed by atoms with Crippen LogP contribution in [0.2, 0.25) is 0 Å². The van der Waals surface area contributed by atoms with Gasteiger partial charge >= 0.3 is 0 Å². The summed E-state index contributed by atoms with van der Waals surface area (Å²) in [6.07, 6.45) is 9.15. The molecule has 1 heterocycles. The van der Waals surface area contributed by atoms with E-state index in [2.05, 4.69) is 21.9 Å². The minimum atomic E-state index is -0.0151. The maximum absolute atomic E-state index is 12.3. The van der Waals surface area contributed by atoms with Gasteiger partial charge < -0.3 is 10.6 Å². The highest BCUT2D eigenvalue weighted by atomic mass is 32.2. The molecule has 1 saturated carbocycles. The van der Waals surface area contributed by atoms with E-state index in [0.29, 0.717) is 5.56 Å². The molecule has 104 valence electrons. The predicted molar refractivity (Wildman–Crippen MR) is 80.8 cm³/mol. The van der Waals surface area contributed by atoms with Gasteiger partial charge in [0.1, 0.15) is 0 Å². The van der Waals surface area contributed by atoms with E-state index in [0.717, 1.165) is 18.8 Å². The lowest BCUT2D eigenvalue weighted by molar-refractivity contribution is 0.0944. The van der Waals surface area contributed by atoms with Crippen molar-refractivity contribution in [2.24, 2.45) is 0 Å². The van der Waals surface area contributed by atoms with Gasteiger partial charge in [-0.15, -0.1) is 0 Å². The maximum atomic E-state index is 12.3. The fourth-order valence-electron chi connectivity index (χ4n) is 2.28. The Bertz CT molecular complexity index is 441. The Hall–Kier alpha value is -1.23. The normalized spacial score (nSPS) is 16.5. The number of rotatable bonds is 6. The lowest BCUT2D eigenvalue weighted by Gasteiger charge is -2.40. The Balaban J connectivity index is 1.99. The van der Waals surface area contributed by atoms with Gasteiger partial charge in [-0.2, -0.15) is 11.8 Å². The second kappa shape index (κ2) is 6.28. The number of nitrogens with one attached hydrogen (secondary N) is 2. The van der Waals surface area contributed by atoms with Crippen molar-refractivity contribution in [1.82, 2.24) is 10.3 Å². The summed E-state index contributed by atoms with van der Waals surface area (Å²) in [5, 5.41) is 6.23. The number of anilines is 1. The van der Waals surface area contributed by atoms with Crippen molar-refractivity contribution in [3.8, 4) is 0 Å². The summed E-state index contributed by atoms with van der Waals surface area (Å²) in [6, 6.07) is 1.76. The van der Waals surface area contributed by atoms with Crippen LogP contribution in [0, 0.1) is 0 Å². The molecule has 0 unspecified atom stereocenters. The molecule has 0 bridgehead atoms. The topological polar surface area (TPSA) is 54.0 Å². The highest BCUT2D eigenvalue weighted by Crippen LogP contribution is 2.42. The second-order valence-electron chi connectivity index (χ2n) is 4.87. The van der Waals surface area contributed by atoms with E-state index in [-0.39, 0.29) is 10.7 Å². The zero-order valence-corrected chi connectivity index (χ0v) is 12.3. The summed E-state index contributed by atoms with van der Waals surface area (Å²) >= 11 is 1.87. The average molecular weight is 279 g/mol. The molecule has 0 aliphatic heterocycles. The Morgan fingerprint density at radius 2 is 2.32 bits per heavy atom. The van der Waals surface area contributed by atoms with Crippen LogP contribution in [-0.4, -0.2) is 35.0 Å². The summed E-state index contributed by atoms with van der Waals surface area (Å²) in [7, 11) is 0. The molecule has 4 nitrogen and oxygen atoms in total. The molecule has 0 saturated heterocycles. The van der Waals surface area contributed by atoms with Crippen molar-refractivity contribution in [1.29, 1.82) is 0 Å². The van der Waals surface area contributed by atoms with E-state index in [1.807, 2.05) is 18.7 Å². The molecule has 1 amide bonds. The fraction of sp³-hybridized carbons (Fsp3) is 0.571. The Kier molecular flexibility index (Phi) is 4.69. The van der Waals surface area contributed by atoms with Gasteiger partial charge in [0, 0.05) is 24.0 Å². The predicted octanol–water partition coefficient (Wildman–Crippen LogP) is 2.53. The Labute approximate surface area is 118 Å². The van der Waals surface area contributed by atoms with Gasteiger partial charge in [0.25, 0.3) is 5.91 Å². The largest absolute Gasteiger partial charge is 0.383 e. The number of nitrogens with zero attached hydrogens (tertiary/aromatic N) is 1. The van der Waals surface area contributed by atoms with Gasteiger partial charge in [0.15, 0.2) is 0 Å². The maximum Gasteiger partial charge on any atom is 0.253 e. The first-order valence-electron chi connectivity index (χ1n) is 6.72. The van der Waals surface area contributed by atoms with E-state index < -0.39 is 0 Å². The molecule has 0 aromatic carbocycles. The van der Waals surface area contributed by atoms with Crippen LogP contribution < -0.4 is 10.6 Å². The number of hydrogen-bond acceptors (Lipinski definition) is 4. The molecule has 19 heavy (non-hydrogen) atoms. The van der Waals surface area contributed by atoms with Crippen molar-refractivity contribution in [3.63, 3.8) is 0 Å². The smallest absolute Gasteiger partial charge is 0.253 e. The fourth-order valence-corrected chi connectivity index (χ4v) is 3.20. The van der Waals surface area contributed by atoms with Crippen LogP contribution in [0.4, 0.5) is 5.69 Å². The zero-order valence-electron chi connectivity index (χ0n) is 11.5. The molecule has 5 heteroatoms. The van der Waals surface area contributed by atoms with Crippen molar-refractivity contribution in [2.75, 3.05) is 24.7 Å². The molecule has 1 aromatic heterocycles. The third kappa shape index (κ3) is 3.21. The van der Waals surface area contributed by atoms with Gasteiger partial charge in [0.2, 0.25) is 0 Å². The number of carbonyl (C=O) groups excluding carboxylic acids is 1. The van der Waals surface area contributed by atoms with E-state index in [9.17, 15) is 4.79 Å². The quantitative estimate of drug-likeness (QED) is 0.840. The summed E-state index contributed by atoms with van der Waals surface area (Å²) in [4.78, 5) is 16.3. The van der Waals surface area contributed by atoms with Crippen molar-refractivity contribution >= 4 is 23.4 Å². The first kappa shape index (κ1) is 14.2. The number of pyridine rings is 1. The summed E-state index contributed by atoms with van der Waals surface area (Å²) in [5.41, 5.74) is 1.47. The standard InChI is InChI=1S/C14H21N3OS/c1-3-16-12-9-15-8-5-11(12)13(18)17-10-14(19-2)6-4-7-14/h5,8-9,16H,3-4,6-7,10H2,1-2H3,(H,17,18). The SMILES string of the molecule is CCNc1cnccc1C(=O)NCC1(SC)CCC1. The minimum Gasteiger partial charge on any atom is -0.383 e. The highest BCUT2D eigenvalue weighted by Gasteiger charge is 2.36. The molecule has 1 aliphatic rings. The molecule has 0 radical (unpaired) electrons. The van der Waals surface area contributed by atoms with E-state index in [1.165, 1.54) is 19.3 Å². The van der Waals surface area contributed by atoms with Gasteiger partial charge in [-0.25, -0.2) is 0 Å².